The second kappa shape index (κ2) is 7.30. The average molecular weight is 413 g/mol. The number of hydrogen-bond acceptors (Lipinski definition) is 8. The number of fused-ring (bicyclic) bond motifs is 1. The lowest BCUT2D eigenvalue weighted by Crippen LogP contribution is -2.48. The predicted molar refractivity (Wildman–Crippen MR) is 113 cm³/mol. The Morgan fingerprint density at radius 2 is 1.70 bits per heavy atom. The smallest absolute Gasteiger partial charge is 0.235 e. The summed E-state index contributed by atoms with van der Waals surface area (Å²) in [6.07, 6.45) is 1.64. The summed E-state index contributed by atoms with van der Waals surface area (Å²) in [5.74, 6) is 1.89. The van der Waals surface area contributed by atoms with E-state index < -0.39 is 5.41 Å². The molecule has 0 bridgehead atoms. The highest BCUT2D eigenvalue weighted by atomic mass is 16.5. The summed E-state index contributed by atoms with van der Waals surface area (Å²) in [7, 11) is 3.14. The molecule has 0 radical (unpaired) electrons. The molecule has 9 heteroatoms. The average Bonchev–Trinajstić information content (AvgIpc) is 2.93. The topological polar surface area (TPSA) is 111 Å². The minimum atomic E-state index is -0.607. The van der Waals surface area contributed by atoms with E-state index in [1.54, 1.807) is 26.4 Å². The van der Waals surface area contributed by atoms with Gasteiger partial charge in [0.1, 0.15) is 5.82 Å². The van der Waals surface area contributed by atoms with Gasteiger partial charge in [-0.15, -0.1) is 0 Å². The van der Waals surface area contributed by atoms with Crippen LogP contribution in [-0.2, 0) is 9.59 Å². The number of nitrogen functional groups attached to an aromatic ring is 1. The fourth-order valence-electron chi connectivity index (χ4n) is 4.28. The first-order valence-corrected chi connectivity index (χ1v) is 10.1. The Bertz CT molecular complexity index is 1010. The Labute approximate surface area is 175 Å². The van der Waals surface area contributed by atoms with E-state index >= 15 is 0 Å². The molecule has 2 N–H and O–H groups in total. The van der Waals surface area contributed by atoms with Crippen LogP contribution in [0.15, 0.2) is 12.1 Å². The maximum absolute atomic E-state index is 12.6. The Hall–Kier alpha value is -3.10. The van der Waals surface area contributed by atoms with Gasteiger partial charge in [0.05, 0.1) is 25.2 Å². The van der Waals surface area contributed by atoms with Crippen molar-refractivity contribution in [3.05, 3.63) is 12.1 Å². The number of piperidine rings is 1. The lowest BCUT2D eigenvalue weighted by Gasteiger charge is -2.36. The largest absolute Gasteiger partial charge is 0.493 e. The van der Waals surface area contributed by atoms with Gasteiger partial charge in [-0.3, -0.25) is 14.5 Å². The Morgan fingerprint density at radius 3 is 2.27 bits per heavy atom. The number of rotatable bonds is 4. The van der Waals surface area contributed by atoms with Crippen LogP contribution in [0.1, 0.15) is 33.1 Å². The molecule has 30 heavy (non-hydrogen) atoms. The number of carbonyl (C=O) groups excluding carboxylic acids is 2. The van der Waals surface area contributed by atoms with Gasteiger partial charge in [0.15, 0.2) is 11.5 Å². The zero-order valence-electron chi connectivity index (χ0n) is 17.8. The number of ether oxygens (including phenoxy) is 2. The number of likely N-dealkylation sites (tertiary alicyclic amines) is 1. The quantitative estimate of drug-likeness (QED) is 0.758. The molecule has 160 valence electrons. The second-order valence-corrected chi connectivity index (χ2v) is 8.48. The molecular formula is C21H27N5O4. The normalized spacial score (nSPS) is 19.6. The Kier molecular flexibility index (Phi) is 4.91. The van der Waals surface area contributed by atoms with Crippen molar-refractivity contribution in [2.24, 2.45) is 5.41 Å². The number of nitrogens with zero attached hydrogens (tertiary/aromatic N) is 4. The molecule has 2 saturated heterocycles. The Morgan fingerprint density at radius 1 is 1.07 bits per heavy atom. The molecule has 9 nitrogen and oxygen atoms in total. The first-order valence-electron chi connectivity index (χ1n) is 10.1. The van der Waals surface area contributed by atoms with Crippen LogP contribution in [-0.4, -0.2) is 60.0 Å². The zero-order valence-corrected chi connectivity index (χ0v) is 17.8. The zero-order chi connectivity index (χ0) is 21.6. The Balaban J connectivity index is 1.55. The summed E-state index contributed by atoms with van der Waals surface area (Å²) in [4.78, 5) is 37.7. The van der Waals surface area contributed by atoms with Crippen LogP contribution in [0.4, 0.5) is 11.8 Å². The standard InChI is InChI=1S/C21H27N5O4/c1-21(2)11-17(27)26(19(21)28)12-5-7-25(8-6-12)20-23-14-10-16(30-4)15(29-3)9-13(14)18(22)24-20/h9-10,12H,5-8,11H2,1-4H3,(H2,22,23,24). The molecule has 4 rings (SSSR count). The fraction of sp³-hybridized carbons (Fsp3) is 0.524. The number of nitrogens with two attached hydrogens (primary N) is 1. The minimum absolute atomic E-state index is 0.0711. The second-order valence-electron chi connectivity index (χ2n) is 8.48. The van der Waals surface area contributed by atoms with Gasteiger partial charge in [-0.1, -0.05) is 13.8 Å². The molecule has 2 amide bonds. The summed E-state index contributed by atoms with van der Waals surface area (Å²) in [5, 5.41) is 0.696. The van der Waals surface area contributed by atoms with E-state index in [1.807, 2.05) is 18.7 Å². The third-order valence-electron chi connectivity index (χ3n) is 5.99. The van der Waals surface area contributed by atoms with Gasteiger partial charge >= 0.3 is 0 Å². The van der Waals surface area contributed by atoms with Gasteiger partial charge in [-0.05, 0) is 18.9 Å². The van der Waals surface area contributed by atoms with E-state index in [2.05, 4.69) is 9.97 Å². The van der Waals surface area contributed by atoms with Crippen molar-refractivity contribution in [1.82, 2.24) is 14.9 Å². The molecule has 1 aromatic carbocycles. The van der Waals surface area contributed by atoms with Gasteiger partial charge in [0.2, 0.25) is 17.8 Å². The first kappa shape index (κ1) is 20.2. The highest BCUT2D eigenvalue weighted by Gasteiger charge is 2.48. The molecule has 0 spiro atoms. The molecule has 2 aliphatic heterocycles. The van der Waals surface area contributed by atoms with E-state index in [1.165, 1.54) is 4.90 Å². The van der Waals surface area contributed by atoms with E-state index in [-0.39, 0.29) is 24.3 Å². The number of methoxy groups -OCH3 is 2. The molecule has 0 aliphatic carbocycles. The summed E-state index contributed by atoms with van der Waals surface area (Å²) >= 11 is 0. The summed E-state index contributed by atoms with van der Waals surface area (Å²) in [6.45, 7) is 4.94. The molecule has 1 aromatic heterocycles. The fourth-order valence-corrected chi connectivity index (χ4v) is 4.28. The molecule has 3 heterocycles. The molecule has 2 aliphatic rings. The summed E-state index contributed by atoms with van der Waals surface area (Å²) < 4.78 is 10.7. The monoisotopic (exact) mass is 413 g/mol. The van der Waals surface area contributed by atoms with Crippen molar-refractivity contribution in [2.45, 2.75) is 39.2 Å². The van der Waals surface area contributed by atoms with Crippen molar-refractivity contribution in [2.75, 3.05) is 37.9 Å². The van der Waals surface area contributed by atoms with E-state index in [0.29, 0.717) is 60.1 Å². The van der Waals surface area contributed by atoms with Crippen LogP contribution in [0, 0.1) is 5.41 Å². The summed E-state index contributed by atoms with van der Waals surface area (Å²) in [6, 6.07) is 3.48. The third-order valence-corrected chi connectivity index (χ3v) is 5.99. The highest BCUT2D eigenvalue weighted by Crippen LogP contribution is 2.36. The maximum atomic E-state index is 12.6. The van der Waals surface area contributed by atoms with E-state index in [0.717, 1.165) is 0 Å². The first-order chi connectivity index (χ1) is 14.2. The SMILES string of the molecule is COc1cc2nc(N3CCC(N4C(=O)CC(C)(C)C4=O)CC3)nc(N)c2cc1OC. The van der Waals surface area contributed by atoms with Crippen molar-refractivity contribution in [3.63, 3.8) is 0 Å². The molecular weight excluding hydrogens is 386 g/mol. The number of anilines is 2. The molecule has 2 aromatic rings. The predicted octanol–water partition coefficient (Wildman–Crippen LogP) is 1.98. The van der Waals surface area contributed by atoms with E-state index in [4.69, 9.17) is 15.2 Å². The minimum Gasteiger partial charge on any atom is -0.493 e. The molecule has 0 unspecified atom stereocenters. The third kappa shape index (κ3) is 3.28. The van der Waals surface area contributed by atoms with Crippen molar-refractivity contribution in [3.8, 4) is 11.5 Å². The maximum Gasteiger partial charge on any atom is 0.235 e. The molecule has 0 saturated carbocycles. The van der Waals surface area contributed by atoms with Gasteiger partial charge in [-0.2, -0.15) is 4.98 Å². The van der Waals surface area contributed by atoms with Gasteiger partial charge in [0, 0.05) is 37.0 Å². The summed E-state index contributed by atoms with van der Waals surface area (Å²) in [5.41, 5.74) is 6.26. The van der Waals surface area contributed by atoms with Crippen LogP contribution in [0.25, 0.3) is 10.9 Å². The lowest BCUT2D eigenvalue weighted by molar-refractivity contribution is -0.144. The number of carbonyl (C=O) groups is 2. The molecule has 2 fully saturated rings. The molecule has 0 atom stereocenters. The van der Waals surface area contributed by atoms with Crippen LogP contribution in [0.5, 0.6) is 11.5 Å². The van der Waals surface area contributed by atoms with Crippen LogP contribution < -0.4 is 20.1 Å². The number of hydrogen-bond donors (Lipinski definition) is 1. The van der Waals surface area contributed by atoms with Crippen molar-refractivity contribution < 1.29 is 19.1 Å². The number of aromatic nitrogens is 2. The van der Waals surface area contributed by atoms with Crippen molar-refractivity contribution >= 4 is 34.5 Å². The van der Waals surface area contributed by atoms with Crippen LogP contribution in [0.2, 0.25) is 0 Å². The van der Waals surface area contributed by atoms with Gasteiger partial charge < -0.3 is 20.1 Å². The van der Waals surface area contributed by atoms with Crippen LogP contribution in [0.3, 0.4) is 0 Å². The number of benzene rings is 1. The number of imide groups is 1. The van der Waals surface area contributed by atoms with Gasteiger partial charge in [0.25, 0.3) is 0 Å². The highest BCUT2D eigenvalue weighted by molar-refractivity contribution is 6.05. The lowest BCUT2D eigenvalue weighted by atomic mass is 9.92. The van der Waals surface area contributed by atoms with E-state index in [9.17, 15) is 9.59 Å². The number of amides is 2. The van der Waals surface area contributed by atoms with Crippen LogP contribution >= 0.6 is 0 Å². The van der Waals surface area contributed by atoms with Gasteiger partial charge in [-0.25, -0.2) is 4.98 Å². The van der Waals surface area contributed by atoms with Crippen molar-refractivity contribution in [1.29, 1.82) is 0 Å².